The van der Waals surface area contributed by atoms with Gasteiger partial charge in [0.2, 0.25) is 0 Å². The number of nitrogens with two attached hydrogens (primary N) is 1. The highest BCUT2D eigenvalue weighted by molar-refractivity contribution is 5.99. The molecular formula is C17H17N3. The van der Waals surface area contributed by atoms with Gasteiger partial charge in [-0.3, -0.25) is 0 Å². The number of nitrogens with zero attached hydrogens (tertiary/aromatic N) is 2. The van der Waals surface area contributed by atoms with Crippen LogP contribution in [-0.2, 0) is 6.42 Å². The van der Waals surface area contributed by atoms with Gasteiger partial charge in [0.05, 0.1) is 0 Å². The van der Waals surface area contributed by atoms with Gasteiger partial charge in [0, 0.05) is 16.3 Å². The Balaban J connectivity index is 2.12. The van der Waals surface area contributed by atoms with Gasteiger partial charge in [-0.15, -0.1) is 10.2 Å². The van der Waals surface area contributed by atoms with Crippen molar-refractivity contribution in [1.82, 2.24) is 10.2 Å². The number of rotatable bonds is 3. The Morgan fingerprint density at radius 1 is 0.900 bits per heavy atom. The molecule has 0 saturated carbocycles. The first-order chi connectivity index (χ1) is 9.79. The molecule has 1 aromatic heterocycles. The second-order valence-electron chi connectivity index (χ2n) is 4.93. The van der Waals surface area contributed by atoms with Gasteiger partial charge in [-0.2, -0.15) is 0 Å². The lowest BCUT2D eigenvalue weighted by atomic mass is 10.0. The van der Waals surface area contributed by atoms with Crippen LogP contribution in [0.25, 0.3) is 22.0 Å². The first kappa shape index (κ1) is 12.6. The largest absolute Gasteiger partial charge is 0.382 e. The highest BCUT2D eigenvalue weighted by Gasteiger charge is 2.08. The molecule has 0 radical (unpaired) electrons. The maximum Gasteiger partial charge on any atom is 0.154 e. The maximum absolute atomic E-state index is 5.89. The summed E-state index contributed by atoms with van der Waals surface area (Å²) in [6.45, 7) is 2.19. The van der Waals surface area contributed by atoms with Crippen molar-refractivity contribution < 1.29 is 0 Å². The van der Waals surface area contributed by atoms with Crippen LogP contribution in [0.4, 0.5) is 5.82 Å². The normalized spacial score (nSPS) is 10.8. The lowest BCUT2D eigenvalue weighted by Gasteiger charge is -2.07. The molecule has 3 rings (SSSR count). The standard InChI is InChI=1S/C17H17N3/c1-2-5-12-8-10-13(11-9-12)16-14-6-3-4-7-15(14)17(18)20-19-16/h3-4,6-11H,2,5H2,1H3,(H2,18,20). The second kappa shape index (κ2) is 5.29. The number of anilines is 1. The molecule has 2 N–H and O–H groups in total. The van der Waals surface area contributed by atoms with Crippen molar-refractivity contribution in [3.05, 3.63) is 54.1 Å². The van der Waals surface area contributed by atoms with E-state index in [4.69, 9.17) is 5.73 Å². The molecule has 0 amide bonds. The number of hydrogen-bond donors (Lipinski definition) is 1. The van der Waals surface area contributed by atoms with E-state index in [-0.39, 0.29) is 0 Å². The highest BCUT2D eigenvalue weighted by Crippen LogP contribution is 2.28. The third-order valence-corrected chi connectivity index (χ3v) is 3.48. The zero-order chi connectivity index (χ0) is 13.9. The Hall–Kier alpha value is -2.42. The molecule has 0 fully saturated rings. The fraction of sp³-hybridized carbons (Fsp3) is 0.176. The van der Waals surface area contributed by atoms with E-state index in [0.717, 1.165) is 34.9 Å². The van der Waals surface area contributed by atoms with Crippen molar-refractivity contribution in [3.8, 4) is 11.3 Å². The molecule has 0 unspecified atom stereocenters. The second-order valence-corrected chi connectivity index (χ2v) is 4.93. The Morgan fingerprint density at radius 3 is 2.30 bits per heavy atom. The summed E-state index contributed by atoms with van der Waals surface area (Å²) >= 11 is 0. The van der Waals surface area contributed by atoms with Gasteiger partial charge in [0.15, 0.2) is 5.82 Å². The minimum absolute atomic E-state index is 0.479. The van der Waals surface area contributed by atoms with E-state index < -0.39 is 0 Å². The number of nitrogen functional groups attached to an aromatic ring is 1. The number of aromatic nitrogens is 2. The van der Waals surface area contributed by atoms with E-state index in [0.29, 0.717) is 5.82 Å². The molecule has 0 atom stereocenters. The van der Waals surface area contributed by atoms with Gasteiger partial charge >= 0.3 is 0 Å². The fourth-order valence-electron chi connectivity index (χ4n) is 2.46. The van der Waals surface area contributed by atoms with Crippen LogP contribution in [0.3, 0.4) is 0 Å². The zero-order valence-corrected chi connectivity index (χ0v) is 11.5. The van der Waals surface area contributed by atoms with Crippen LogP contribution >= 0.6 is 0 Å². The van der Waals surface area contributed by atoms with Crippen LogP contribution in [0.5, 0.6) is 0 Å². The average Bonchev–Trinajstić information content (AvgIpc) is 2.49. The number of aryl methyl sites for hydroxylation is 1. The zero-order valence-electron chi connectivity index (χ0n) is 11.5. The molecule has 0 aliphatic carbocycles. The van der Waals surface area contributed by atoms with Gasteiger partial charge in [0.25, 0.3) is 0 Å². The maximum atomic E-state index is 5.89. The van der Waals surface area contributed by atoms with Gasteiger partial charge in [0.1, 0.15) is 5.69 Å². The Labute approximate surface area is 118 Å². The summed E-state index contributed by atoms with van der Waals surface area (Å²) < 4.78 is 0. The molecule has 3 aromatic rings. The summed E-state index contributed by atoms with van der Waals surface area (Å²) in [5.74, 6) is 0.479. The van der Waals surface area contributed by atoms with E-state index in [1.165, 1.54) is 5.56 Å². The monoisotopic (exact) mass is 263 g/mol. The molecule has 0 aliphatic rings. The Kier molecular flexibility index (Phi) is 3.33. The topological polar surface area (TPSA) is 51.8 Å². The molecule has 100 valence electrons. The van der Waals surface area contributed by atoms with Crippen LogP contribution in [-0.4, -0.2) is 10.2 Å². The van der Waals surface area contributed by atoms with E-state index >= 15 is 0 Å². The molecule has 0 spiro atoms. The third kappa shape index (κ3) is 2.23. The Morgan fingerprint density at radius 2 is 1.60 bits per heavy atom. The first-order valence-corrected chi connectivity index (χ1v) is 6.90. The van der Waals surface area contributed by atoms with E-state index in [2.05, 4.69) is 41.4 Å². The van der Waals surface area contributed by atoms with Crippen LogP contribution in [0.2, 0.25) is 0 Å². The number of benzene rings is 2. The van der Waals surface area contributed by atoms with Crippen molar-refractivity contribution in [2.24, 2.45) is 0 Å². The highest BCUT2D eigenvalue weighted by atomic mass is 15.1. The van der Waals surface area contributed by atoms with Gasteiger partial charge in [-0.05, 0) is 12.0 Å². The molecule has 0 aliphatic heterocycles. The smallest absolute Gasteiger partial charge is 0.154 e. The summed E-state index contributed by atoms with van der Waals surface area (Å²) in [7, 11) is 0. The number of hydrogen-bond acceptors (Lipinski definition) is 3. The lowest BCUT2D eigenvalue weighted by molar-refractivity contribution is 0.922. The van der Waals surface area contributed by atoms with Crippen molar-refractivity contribution >= 4 is 16.6 Å². The van der Waals surface area contributed by atoms with E-state index in [1.807, 2.05) is 24.3 Å². The van der Waals surface area contributed by atoms with Crippen molar-refractivity contribution in [2.45, 2.75) is 19.8 Å². The molecule has 3 heteroatoms. The Bertz CT molecular complexity index is 733. The summed E-state index contributed by atoms with van der Waals surface area (Å²) in [6.07, 6.45) is 2.26. The van der Waals surface area contributed by atoms with Crippen LogP contribution in [0.15, 0.2) is 48.5 Å². The van der Waals surface area contributed by atoms with E-state index in [1.54, 1.807) is 0 Å². The molecule has 1 heterocycles. The minimum Gasteiger partial charge on any atom is -0.382 e. The SMILES string of the molecule is CCCc1ccc(-c2nnc(N)c3ccccc23)cc1. The first-order valence-electron chi connectivity index (χ1n) is 6.90. The van der Waals surface area contributed by atoms with Crippen LogP contribution in [0.1, 0.15) is 18.9 Å². The molecule has 0 bridgehead atoms. The van der Waals surface area contributed by atoms with Crippen molar-refractivity contribution in [2.75, 3.05) is 5.73 Å². The third-order valence-electron chi connectivity index (χ3n) is 3.48. The molecule has 0 saturated heterocycles. The summed E-state index contributed by atoms with van der Waals surface area (Å²) in [5.41, 5.74) is 9.21. The lowest BCUT2D eigenvalue weighted by Crippen LogP contribution is -1.97. The molecular weight excluding hydrogens is 246 g/mol. The molecule has 2 aromatic carbocycles. The van der Waals surface area contributed by atoms with Crippen molar-refractivity contribution in [1.29, 1.82) is 0 Å². The van der Waals surface area contributed by atoms with Crippen molar-refractivity contribution in [3.63, 3.8) is 0 Å². The average molecular weight is 263 g/mol. The van der Waals surface area contributed by atoms with Gasteiger partial charge in [-0.25, -0.2) is 0 Å². The quantitative estimate of drug-likeness (QED) is 0.781. The van der Waals surface area contributed by atoms with Crippen LogP contribution < -0.4 is 5.73 Å². The summed E-state index contributed by atoms with van der Waals surface area (Å²) in [5, 5.41) is 10.3. The predicted molar refractivity (Wildman–Crippen MR) is 83.4 cm³/mol. The molecule has 20 heavy (non-hydrogen) atoms. The fourth-order valence-corrected chi connectivity index (χ4v) is 2.46. The summed E-state index contributed by atoms with van der Waals surface area (Å²) in [6, 6.07) is 16.5. The number of fused-ring (bicyclic) bond motifs is 1. The minimum atomic E-state index is 0.479. The van der Waals surface area contributed by atoms with Gasteiger partial charge in [-0.1, -0.05) is 61.9 Å². The van der Waals surface area contributed by atoms with Crippen LogP contribution in [0, 0.1) is 0 Å². The van der Waals surface area contributed by atoms with E-state index in [9.17, 15) is 0 Å². The summed E-state index contributed by atoms with van der Waals surface area (Å²) in [4.78, 5) is 0. The van der Waals surface area contributed by atoms with Gasteiger partial charge < -0.3 is 5.73 Å². The predicted octanol–water partition coefficient (Wildman–Crippen LogP) is 3.83. The molecule has 3 nitrogen and oxygen atoms in total.